The summed E-state index contributed by atoms with van der Waals surface area (Å²) >= 11 is 0. The first-order valence-electron chi connectivity index (χ1n) is 21.3. The third-order valence-corrected chi connectivity index (χ3v) is 14.8. The molecule has 4 aliphatic rings. The van der Waals surface area contributed by atoms with Gasteiger partial charge in [-0.1, -0.05) is 156 Å². The summed E-state index contributed by atoms with van der Waals surface area (Å²) in [5.74, 6) is 2.06. The Balaban J connectivity index is 1.34. The zero-order valence-electron chi connectivity index (χ0n) is 34.3. The zero-order chi connectivity index (χ0) is 39.3. The van der Waals surface area contributed by atoms with Crippen LogP contribution in [0, 0.1) is 6.92 Å². The van der Waals surface area contributed by atoms with Crippen LogP contribution in [0.15, 0.2) is 127 Å². The number of aromatic nitrogens is 2. The van der Waals surface area contributed by atoms with E-state index in [1.807, 2.05) is 0 Å². The molecule has 0 saturated heterocycles. The van der Waals surface area contributed by atoms with Crippen LogP contribution in [0.2, 0.25) is 0 Å². The molecule has 0 N–H and O–H groups in total. The average Bonchev–Trinajstić information content (AvgIpc) is 3.58. The van der Waals surface area contributed by atoms with Gasteiger partial charge in [-0.05, 0) is 115 Å². The molecule has 8 aromatic rings. The lowest BCUT2D eigenvalue weighted by Crippen LogP contribution is -2.61. The van der Waals surface area contributed by atoms with Crippen molar-refractivity contribution < 1.29 is 4.74 Å². The topological polar surface area (TPSA) is 27.1 Å². The summed E-state index contributed by atoms with van der Waals surface area (Å²) < 4.78 is 10.2. The predicted octanol–water partition coefficient (Wildman–Crippen LogP) is 11.8. The molecule has 58 heavy (non-hydrogen) atoms. The van der Waals surface area contributed by atoms with Gasteiger partial charge in [0.15, 0.2) is 0 Å². The van der Waals surface area contributed by atoms with Crippen LogP contribution in [0.1, 0.15) is 82.7 Å². The number of nitrogens with zero attached hydrogens (tertiary/aromatic N) is 2. The van der Waals surface area contributed by atoms with Crippen LogP contribution in [0.25, 0.3) is 60.7 Å². The molecule has 0 fully saturated rings. The third kappa shape index (κ3) is 4.44. The van der Waals surface area contributed by atoms with E-state index in [0.717, 1.165) is 35.6 Å². The van der Waals surface area contributed by atoms with Crippen LogP contribution < -0.4 is 21.1 Å². The van der Waals surface area contributed by atoms with Crippen molar-refractivity contribution in [2.24, 2.45) is 0 Å². The van der Waals surface area contributed by atoms with Gasteiger partial charge in [0.05, 0.1) is 16.9 Å². The van der Waals surface area contributed by atoms with E-state index in [1.54, 1.807) is 0 Å². The van der Waals surface area contributed by atoms with Crippen molar-refractivity contribution in [2.75, 3.05) is 0 Å². The van der Waals surface area contributed by atoms with E-state index >= 15 is 0 Å². The second-order valence-corrected chi connectivity index (χ2v) is 19.2. The predicted molar refractivity (Wildman–Crippen MR) is 243 cm³/mol. The largest absolute Gasteiger partial charge is 0.457 e. The zero-order valence-corrected chi connectivity index (χ0v) is 34.3. The standard InChI is InChI=1S/C54H47BN2O/c1-32-41-42(35-22-14-9-15-23-35)37-24-16-17-25-38(37)46-48(41)57(56-32)49-44-43-45(53(4,5)27-29-54(43,6)28-26-52(44,2)3)51-47(49)55(46)40-31-36(33-18-10-7-11-19-33)30-39(50(40)58-51)34-20-12-8-13-21-34/h7-25,30-31H,26-29H2,1-6H3. The number of hydrogen-bond donors (Lipinski definition) is 0. The van der Waals surface area contributed by atoms with Crippen LogP contribution in [-0.4, -0.2) is 16.5 Å². The Kier molecular flexibility index (Phi) is 6.86. The van der Waals surface area contributed by atoms with Crippen molar-refractivity contribution in [1.82, 2.24) is 9.78 Å². The highest BCUT2D eigenvalue weighted by Crippen LogP contribution is 2.61. The van der Waals surface area contributed by atoms with Crippen molar-refractivity contribution in [3.05, 3.63) is 150 Å². The highest BCUT2D eigenvalue weighted by Gasteiger charge is 2.55. The fraction of sp³-hybridized carbons (Fsp3) is 0.241. The summed E-state index contributed by atoms with van der Waals surface area (Å²) in [6.45, 7) is 14.7. The summed E-state index contributed by atoms with van der Waals surface area (Å²) in [5, 5.41) is 9.49. The molecular weight excluding hydrogens is 703 g/mol. The first kappa shape index (κ1) is 34.2. The molecule has 1 aromatic heterocycles. The normalized spacial score (nSPS) is 19.0. The van der Waals surface area contributed by atoms with Gasteiger partial charge in [-0.3, -0.25) is 0 Å². The molecule has 0 amide bonds. The van der Waals surface area contributed by atoms with Crippen LogP contribution in [0.3, 0.4) is 0 Å². The minimum atomic E-state index is -0.0797. The van der Waals surface area contributed by atoms with Crippen molar-refractivity contribution in [3.63, 3.8) is 0 Å². The maximum atomic E-state index is 7.80. The van der Waals surface area contributed by atoms with E-state index in [0.29, 0.717) is 0 Å². The number of rotatable bonds is 3. The lowest BCUT2D eigenvalue weighted by molar-refractivity contribution is 0.238. The van der Waals surface area contributed by atoms with Gasteiger partial charge in [-0.15, -0.1) is 0 Å². The summed E-state index contributed by atoms with van der Waals surface area (Å²) in [7, 11) is 0. The molecule has 282 valence electrons. The fourth-order valence-corrected chi connectivity index (χ4v) is 11.8. The summed E-state index contributed by atoms with van der Waals surface area (Å²) in [6, 6.07) is 46.8. The lowest BCUT2D eigenvalue weighted by atomic mass is 9.32. The SMILES string of the molecule is Cc1nn2c3c(c4ccccc4c(-c4ccccc4)c13)B1c3cc(-c4ccccc4)cc(-c4ccccc4)c3Oc3c1c-2c1c2c3C(C)(C)CCC2(C)CCC1(C)C. The number of fused-ring (bicyclic) bond motifs is 8. The van der Waals surface area contributed by atoms with Gasteiger partial charge in [0.25, 0.3) is 6.71 Å². The van der Waals surface area contributed by atoms with Crippen molar-refractivity contribution in [2.45, 2.75) is 83.5 Å². The van der Waals surface area contributed by atoms with Crippen molar-refractivity contribution in [3.8, 4) is 50.6 Å². The van der Waals surface area contributed by atoms with Gasteiger partial charge in [0.2, 0.25) is 0 Å². The second-order valence-electron chi connectivity index (χ2n) is 19.2. The molecule has 0 radical (unpaired) electrons. The third-order valence-electron chi connectivity index (χ3n) is 14.8. The van der Waals surface area contributed by atoms with E-state index in [-0.39, 0.29) is 23.0 Å². The number of hydrogen-bond acceptors (Lipinski definition) is 2. The van der Waals surface area contributed by atoms with Crippen molar-refractivity contribution in [1.29, 1.82) is 0 Å². The molecule has 0 bridgehead atoms. The van der Waals surface area contributed by atoms with Crippen molar-refractivity contribution >= 4 is 44.8 Å². The molecule has 3 heterocycles. The van der Waals surface area contributed by atoms with E-state index in [1.165, 1.54) is 101 Å². The second kappa shape index (κ2) is 11.6. The Labute approximate surface area is 341 Å². The molecule has 7 aromatic carbocycles. The lowest BCUT2D eigenvalue weighted by Gasteiger charge is -2.54. The van der Waals surface area contributed by atoms with E-state index in [9.17, 15) is 0 Å². The molecule has 1 unspecified atom stereocenters. The van der Waals surface area contributed by atoms with Gasteiger partial charge < -0.3 is 4.74 Å². The fourth-order valence-electron chi connectivity index (χ4n) is 11.8. The quantitative estimate of drug-likeness (QED) is 0.168. The minimum Gasteiger partial charge on any atom is -0.457 e. The molecule has 2 aliphatic heterocycles. The van der Waals surface area contributed by atoms with Gasteiger partial charge in [0, 0.05) is 22.1 Å². The molecule has 3 nitrogen and oxygen atoms in total. The van der Waals surface area contributed by atoms with Gasteiger partial charge in [-0.25, -0.2) is 4.68 Å². The smallest absolute Gasteiger partial charge is 0.257 e. The van der Waals surface area contributed by atoms with Crippen LogP contribution in [-0.2, 0) is 16.2 Å². The first-order valence-corrected chi connectivity index (χ1v) is 21.3. The summed E-state index contributed by atoms with van der Waals surface area (Å²) in [6.07, 6.45) is 4.63. The van der Waals surface area contributed by atoms with Crippen LogP contribution in [0.4, 0.5) is 0 Å². The molecule has 0 spiro atoms. The first-order chi connectivity index (χ1) is 28.1. The molecular formula is C54H47BN2O. The van der Waals surface area contributed by atoms with E-state index in [4.69, 9.17) is 9.84 Å². The Bertz CT molecular complexity index is 3050. The van der Waals surface area contributed by atoms with Gasteiger partial charge >= 0.3 is 0 Å². The minimum absolute atomic E-state index is 0.0555. The summed E-state index contributed by atoms with van der Waals surface area (Å²) in [4.78, 5) is 0. The molecule has 2 aliphatic carbocycles. The Morgan fingerprint density at radius 3 is 1.83 bits per heavy atom. The van der Waals surface area contributed by atoms with Crippen LogP contribution >= 0.6 is 0 Å². The molecule has 1 atom stereocenters. The highest BCUT2D eigenvalue weighted by atomic mass is 16.5. The molecule has 4 heteroatoms. The molecule has 12 rings (SSSR count). The molecule has 0 saturated carbocycles. The maximum absolute atomic E-state index is 7.80. The Hall–Kier alpha value is -5.87. The highest BCUT2D eigenvalue weighted by molar-refractivity contribution is 7.01. The van der Waals surface area contributed by atoms with Crippen LogP contribution in [0.5, 0.6) is 11.5 Å². The number of benzene rings is 7. The average molecular weight is 751 g/mol. The Morgan fingerprint density at radius 2 is 1.16 bits per heavy atom. The number of ether oxygens (including phenoxy) is 1. The van der Waals surface area contributed by atoms with Gasteiger partial charge in [-0.2, -0.15) is 5.10 Å². The monoisotopic (exact) mass is 750 g/mol. The maximum Gasteiger partial charge on any atom is 0.257 e. The Morgan fingerprint density at radius 1 is 0.569 bits per heavy atom. The van der Waals surface area contributed by atoms with E-state index in [2.05, 4.69) is 174 Å². The summed E-state index contributed by atoms with van der Waals surface area (Å²) in [5.41, 5.74) is 19.0. The van der Waals surface area contributed by atoms with E-state index < -0.39 is 0 Å². The number of aryl methyl sites for hydroxylation is 1. The van der Waals surface area contributed by atoms with Gasteiger partial charge in [0.1, 0.15) is 11.5 Å².